The van der Waals surface area contributed by atoms with Crippen LogP contribution in [-0.2, 0) is 22.5 Å². The number of nitrogens with zero attached hydrogens (tertiary/aromatic N) is 1. The van der Waals surface area contributed by atoms with Crippen LogP contribution in [0.5, 0.6) is 5.75 Å². The maximum absolute atomic E-state index is 11.9. The Labute approximate surface area is 188 Å². The highest BCUT2D eigenvalue weighted by Crippen LogP contribution is 2.25. The number of amides is 1. The number of para-hydroxylation sites is 1. The van der Waals surface area contributed by atoms with Gasteiger partial charge in [-0.1, -0.05) is 49.0 Å². The van der Waals surface area contributed by atoms with Crippen LogP contribution in [0.2, 0.25) is 0 Å². The highest BCUT2D eigenvalue weighted by molar-refractivity contribution is 5.97. The number of carbonyl (C=O) groups excluding carboxylic acids is 1. The number of hydrogen-bond donors (Lipinski definition) is 4. The SMILES string of the molecule is C=C(/C=C(/OCCc1ccc(CNC(=O)C2CNC2)cc1)C(N)=NC)c1ccccc1O. The first-order valence-corrected chi connectivity index (χ1v) is 10.6. The molecule has 7 heteroatoms. The molecule has 1 aliphatic heterocycles. The van der Waals surface area contributed by atoms with Gasteiger partial charge in [0, 0.05) is 38.7 Å². The van der Waals surface area contributed by atoms with Gasteiger partial charge in [-0.15, -0.1) is 0 Å². The standard InChI is InChI=1S/C25H30N4O3/c1-17(21-5-3-4-6-22(21)30)13-23(24(26)27-2)32-12-11-18-7-9-19(10-8-18)14-29-25(31)20-15-28-16-20/h3-10,13,20,28,30H,1,11-12,14-16H2,2H3,(H2,26,27)(H,29,31)/b23-13+. The van der Waals surface area contributed by atoms with Gasteiger partial charge < -0.3 is 26.2 Å². The summed E-state index contributed by atoms with van der Waals surface area (Å²) in [6.45, 7) is 6.45. The lowest BCUT2D eigenvalue weighted by Crippen LogP contribution is -2.50. The minimum atomic E-state index is 0.0923. The molecule has 0 atom stereocenters. The third-order valence-electron chi connectivity index (χ3n) is 5.34. The molecule has 7 nitrogen and oxygen atoms in total. The quantitative estimate of drug-likeness (QED) is 0.199. The van der Waals surface area contributed by atoms with E-state index in [4.69, 9.17) is 10.5 Å². The Morgan fingerprint density at radius 2 is 1.94 bits per heavy atom. The van der Waals surface area contributed by atoms with E-state index in [9.17, 15) is 9.90 Å². The molecule has 5 N–H and O–H groups in total. The molecule has 2 aromatic carbocycles. The highest BCUT2D eigenvalue weighted by Gasteiger charge is 2.24. The molecule has 0 saturated carbocycles. The maximum atomic E-state index is 11.9. The number of phenolic OH excluding ortho intramolecular Hbond substituents is 1. The molecule has 1 amide bonds. The van der Waals surface area contributed by atoms with Gasteiger partial charge in [0.1, 0.15) is 5.75 Å². The highest BCUT2D eigenvalue weighted by atomic mass is 16.5. The van der Waals surface area contributed by atoms with Gasteiger partial charge >= 0.3 is 0 Å². The first-order chi connectivity index (χ1) is 15.5. The molecular weight excluding hydrogens is 404 g/mol. The van der Waals surface area contributed by atoms with E-state index in [2.05, 4.69) is 22.2 Å². The van der Waals surface area contributed by atoms with Gasteiger partial charge in [0.25, 0.3) is 0 Å². The lowest BCUT2D eigenvalue weighted by Gasteiger charge is -2.25. The molecule has 1 aliphatic rings. The Balaban J connectivity index is 1.53. The summed E-state index contributed by atoms with van der Waals surface area (Å²) in [7, 11) is 1.59. The topological polar surface area (TPSA) is 109 Å². The van der Waals surface area contributed by atoms with E-state index in [1.54, 1.807) is 31.3 Å². The second-order valence-electron chi connectivity index (χ2n) is 7.65. The summed E-state index contributed by atoms with van der Waals surface area (Å²) >= 11 is 0. The van der Waals surface area contributed by atoms with Crippen LogP contribution >= 0.6 is 0 Å². The zero-order chi connectivity index (χ0) is 22.9. The normalized spacial score (nSPS) is 14.5. The molecule has 168 valence electrons. The van der Waals surface area contributed by atoms with Crippen molar-refractivity contribution in [3.05, 3.63) is 83.6 Å². The molecular formula is C25H30N4O3. The molecule has 0 aromatic heterocycles. The third-order valence-corrected chi connectivity index (χ3v) is 5.34. The predicted molar refractivity (Wildman–Crippen MR) is 127 cm³/mol. The van der Waals surface area contributed by atoms with E-state index in [-0.39, 0.29) is 23.4 Å². The van der Waals surface area contributed by atoms with Crippen LogP contribution in [0, 0.1) is 5.92 Å². The zero-order valence-corrected chi connectivity index (χ0v) is 18.3. The molecule has 0 spiro atoms. The summed E-state index contributed by atoms with van der Waals surface area (Å²) in [6, 6.07) is 15.0. The number of nitrogens with one attached hydrogen (secondary N) is 2. The molecule has 0 bridgehead atoms. The van der Waals surface area contributed by atoms with Gasteiger partial charge in [0.15, 0.2) is 11.6 Å². The molecule has 1 heterocycles. The van der Waals surface area contributed by atoms with Gasteiger partial charge in [-0.05, 0) is 28.8 Å². The largest absolute Gasteiger partial charge is 0.507 e. The Morgan fingerprint density at radius 1 is 1.25 bits per heavy atom. The number of amidine groups is 1. The number of benzene rings is 2. The summed E-state index contributed by atoms with van der Waals surface area (Å²) in [4.78, 5) is 15.9. The fourth-order valence-electron chi connectivity index (χ4n) is 3.19. The lowest BCUT2D eigenvalue weighted by atomic mass is 10.0. The Bertz CT molecular complexity index is 1010. The third kappa shape index (κ3) is 6.21. The van der Waals surface area contributed by atoms with Crippen LogP contribution < -0.4 is 16.4 Å². The number of carbonyl (C=O) groups is 1. The number of allylic oxidation sites excluding steroid dienone is 2. The average Bonchev–Trinajstić information content (AvgIpc) is 2.76. The first kappa shape index (κ1) is 23.1. The fraction of sp³-hybridized carbons (Fsp3) is 0.280. The number of ether oxygens (including phenoxy) is 1. The fourth-order valence-corrected chi connectivity index (χ4v) is 3.19. The number of aliphatic imine (C=N–C) groups is 1. The van der Waals surface area contributed by atoms with E-state index in [0.29, 0.717) is 36.5 Å². The summed E-state index contributed by atoms with van der Waals surface area (Å²) in [5, 5.41) is 16.1. The van der Waals surface area contributed by atoms with Crippen LogP contribution in [0.4, 0.5) is 0 Å². The maximum Gasteiger partial charge on any atom is 0.225 e. The molecule has 3 rings (SSSR count). The predicted octanol–water partition coefficient (Wildman–Crippen LogP) is 2.37. The zero-order valence-electron chi connectivity index (χ0n) is 18.3. The van der Waals surface area contributed by atoms with Crippen LogP contribution in [0.15, 0.2) is 71.9 Å². The van der Waals surface area contributed by atoms with Crippen LogP contribution in [-0.4, -0.2) is 43.6 Å². The summed E-state index contributed by atoms with van der Waals surface area (Å²) in [6.07, 6.45) is 2.36. The van der Waals surface area contributed by atoms with E-state index in [1.807, 2.05) is 30.3 Å². The van der Waals surface area contributed by atoms with E-state index in [1.165, 1.54) is 0 Å². The van der Waals surface area contributed by atoms with Crippen molar-refractivity contribution in [2.45, 2.75) is 13.0 Å². The van der Waals surface area contributed by atoms with E-state index < -0.39 is 0 Å². The molecule has 0 unspecified atom stereocenters. The monoisotopic (exact) mass is 434 g/mol. The number of rotatable bonds is 10. The van der Waals surface area contributed by atoms with E-state index >= 15 is 0 Å². The number of aromatic hydroxyl groups is 1. The molecule has 32 heavy (non-hydrogen) atoms. The van der Waals surface area contributed by atoms with Crippen molar-refractivity contribution in [3.63, 3.8) is 0 Å². The molecule has 2 aromatic rings. The van der Waals surface area contributed by atoms with Crippen molar-refractivity contribution >= 4 is 17.3 Å². The van der Waals surface area contributed by atoms with Gasteiger partial charge in [-0.25, -0.2) is 0 Å². The van der Waals surface area contributed by atoms with Crippen LogP contribution in [0.3, 0.4) is 0 Å². The smallest absolute Gasteiger partial charge is 0.225 e. The Morgan fingerprint density at radius 3 is 2.56 bits per heavy atom. The lowest BCUT2D eigenvalue weighted by molar-refractivity contribution is -0.126. The van der Waals surface area contributed by atoms with Gasteiger partial charge in [0.05, 0.1) is 12.5 Å². The summed E-state index contributed by atoms with van der Waals surface area (Å²) in [5.74, 6) is 0.997. The summed E-state index contributed by atoms with van der Waals surface area (Å²) in [5.41, 5.74) is 9.33. The van der Waals surface area contributed by atoms with Crippen LogP contribution in [0.25, 0.3) is 5.57 Å². The van der Waals surface area contributed by atoms with Crippen molar-refractivity contribution in [1.82, 2.24) is 10.6 Å². The Kier molecular flexibility index (Phi) is 8.05. The van der Waals surface area contributed by atoms with Gasteiger partial charge in [-0.2, -0.15) is 0 Å². The second-order valence-corrected chi connectivity index (χ2v) is 7.65. The number of nitrogens with two attached hydrogens (primary N) is 1. The van der Waals surface area contributed by atoms with Crippen molar-refractivity contribution in [1.29, 1.82) is 0 Å². The molecule has 1 saturated heterocycles. The summed E-state index contributed by atoms with van der Waals surface area (Å²) < 4.78 is 5.89. The van der Waals surface area contributed by atoms with Crippen molar-refractivity contribution < 1.29 is 14.6 Å². The molecule has 0 radical (unpaired) electrons. The van der Waals surface area contributed by atoms with Gasteiger partial charge in [-0.3, -0.25) is 9.79 Å². The minimum absolute atomic E-state index is 0.0923. The van der Waals surface area contributed by atoms with Crippen molar-refractivity contribution in [2.24, 2.45) is 16.6 Å². The Hall–Kier alpha value is -3.58. The van der Waals surface area contributed by atoms with Crippen molar-refractivity contribution in [3.8, 4) is 5.75 Å². The van der Waals surface area contributed by atoms with Crippen LogP contribution in [0.1, 0.15) is 16.7 Å². The minimum Gasteiger partial charge on any atom is -0.507 e. The molecule has 1 fully saturated rings. The van der Waals surface area contributed by atoms with E-state index in [0.717, 1.165) is 24.2 Å². The number of hydrogen-bond acceptors (Lipinski definition) is 5. The van der Waals surface area contributed by atoms with Gasteiger partial charge in [0.2, 0.25) is 5.91 Å². The molecule has 0 aliphatic carbocycles. The first-order valence-electron chi connectivity index (χ1n) is 10.6. The number of phenols is 1. The second kappa shape index (κ2) is 11.2. The van der Waals surface area contributed by atoms with Crippen molar-refractivity contribution in [2.75, 3.05) is 26.7 Å². The average molecular weight is 435 g/mol.